The molecule has 0 spiro atoms. The third-order valence-electron chi connectivity index (χ3n) is 2.56. The third-order valence-corrected chi connectivity index (χ3v) is 2.56. The van der Waals surface area contributed by atoms with Gasteiger partial charge in [0, 0.05) is 6.54 Å². The van der Waals surface area contributed by atoms with E-state index in [1.165, 1.54) is 18.6 Å². The third kappa shape index (κ3) is 3.53. The Hall–Kier alpha value is -2.44. The van der Waals surface area contributed by atoms with Crippen molar-refractivity contribution in [2.24, 2.45) is 5.92 Å². The average Bonchev–Trinajstić information content (AvgIpc) is 2.83. The van der Waals surface area contributed by atoms with Crippen molar-refractivity contribution in [2.45, 2.75) is 27.0 Å². The largest absolute Gasteiger partial charge is 0.484 e. The van der Waals surface area contributed by atoms with Crippen LogP contribution in [0.4, 0.5) is 0 Å². The Bertz CT molecular complexity index is 578. The molecule has 0 fully saturated rings. The van der Waals surface area contributed by atoms with Crippen molar-refractivity contribution >= 4 is 5.97 Å². The van der Waals surface area contributed by atoms with Gasteiger partial charge < -0.3 is 9.84 Å². The van der Waals surface area contributed by atoms with Crippen molar-refractivity contribution in [3.63, 3.8) is 0 Å². The van der Waals surface area contributed by atoms with E-state index < -0.39 is 5.97 Å². The highest BCUT2D eigenvalue weighted by atomic mass is 16.5. The van der Waals surface area contributed by atoms with Crippen LogP contribution in [0.2, 0.25) is 0 Å². The summed E-state index contributed by atoms with van der Waals surface area (Å²) in [6.45, 7) is 5.23. The zero-order valence-corrected chi connectivity index (χ0v) is 11.4. The summed E-state index contributed by atoms with van der Waals surface area (Å²) < 4.78 is 7.32. The Kier molecular flexibility index (Phi) is 4.29. The molecule has 0 bridgehead atoms. The lowest BCUT2D eigenvalue weighted by Crippen LogP contribution is -2.12. The van der Waals surface area contributed by atoms with Crippen LogP contribution in [0.15, 0.2) is 24.7 Å². The highest BCUT2D eigenvalue weighted by molar-refractivity contribution is 5.85. The molecule has 0 aromatic carbocycles. The molecule has 0 amide bonds. The molecule has 0 aliphatic carbocycles. The van der Waals surface area contributed by atoms with Crippen LogP contribution in [0.25, 0.3) is 0 Å². The molecule has 1 N–H and O–H groups in total. The fraction of sp³-hybridized carbons (Fsp3) is 0.385. The zero-order valence-electron chi connectivity index (χ0n) is 11.4. The van der Waals surface area contributed by atoms with Crippen LogP contribution >= 0.6 is 0 Å². The topological polar surface area (TPSA) is 90.1 Å². The van der Waals surface area contributed by atoms with Crippen molar-refractivity contribution in [2.75, 3.05) is 0 Å². The number of hydrogen-bond donors (Lipinski definition) is 1. The molecule has 20 heavy (non-hydrogen) atoms. The van der Waals surface area contributed by atoms with E-state index in [0.29, 0.717) is 11.7 Å². The predicted molar refractivity (Wildman–Crippen MR) is 70.4 cm³/mol. The summed E-state index contributed by atoms with van der Waals surface area (Å²) in [5.74, 6) is 0.621. The van der Waals surface area contributed by atoms with Crippen molar-refractivity contribution in [3.8, 4) is 5.75 Å². The van der Waals surface area contributed by atoms with Gasteiger partial charge in [-0.2, -0.15) is 5.10 Å². The van der Waals surface area contributed by atoms with E-state index in [0.717, 1.165) is 12.4 Å². The first kappa shape index (κ1) is 14.0. The predicted octanol–water partition coefficient (Wildman–Crippen LogP) is 1.61. The molecule has 0 aliphatic heterocycles. The number of nitrogens with zero attached hydrogens (tertiary/aromatic N) is 4. The van der Waals surface area contributed by atoms with E-state index in [1.807, 2.05) is 0 Å². The molecule has 0 atom stereocenters. The summed E-state index contributed by atoms with van der Waals surface area (Å²) in [5.41, 5.74) is -0.0136. The van der Waals surface area contributed by atoms with Gasteiger partial charge in [-0.15, -0.1) is 0 Å². The van der Waals surface area contributed by atoms with Crippen LogP contribution in [0, 0.1) is 5.92 Å². The van der Waals surface area contributed by atoms with Gasteiger partial charge in [0.2, 0.25) is 0 Å². The number of pyridine rings is 1. The minimum absolute atomic E-state index is 0.0136. The molecule has 0 radical (unpaired) electrons. The lowest BCUT2D eigenvalue weighted by atomic mass is 10.2. The smallest absolute Gasteiger partial charge is 0.354 e. The maximum atomic E-state index is 10.7. The standard InChI is InChI=1S/C13H16N4O3/c1-9(2)6-17-12(15-8-16-17)7-20-10-3-4-11(13(18)19)14-5-10/h3-5,8-9H,6-7H2,1-2H3,(H,18,19). The Balaban J connectivity index is 1.98. The monoisotopic (exact) mass is 276 g/mol. The van der Waals surface area contributed by atoms with Gasteiger partial charge >= 0.3 is 5.97 Å². The number of rotatable bonds is 6. The van der Waals surface area contributed by atoms with E-state index in [2.05, 4.69) is 28.9 Å². The van der Waals surface area contributed by atoms with Crippen molar-refractivity contribution in [3.05, 3.63) is 36.2 Å². The quantitative estimate of drug-likeness (QED) is 0.862. The Labute approximate surface area is 116 Å². The number of ether oxygens (including phenoxy) is 1. The van der Waals surface area contributed by atoms with Gasteiger partial charge in [0.05, 0.1) is 6.20 Å². The number of aromatic carboxylic acids is 1. The molecule has 106 valence electrons. The molecule has 2 heterocycles. The summed E-state index contributed by atoms with van der Waals surface area (Å²) in [6.07, 6.45) is 2.87. The number of carbonyl (C=O) groups is 1. The number of carboxylic acids is 1. The fourth-order valence-electron chi connectivity index (χ4n) is 1.64. The van der Waals surface area contributed by atoms with Gasteiger partial charge in [-0.1, -0.05) is 13.8 Å². The minimum Gasteiger partial charge on any atom is -0.484 e. The second kappa shape index (κ2) is 6.14. The van der Waals surface area contributed by atoms with Gasteiger partial charge in [-0.25, -0.2) is 19.4 Å². The molecule has 0 saturated heterocycles. The molecule has 2 aromatic heterocycles. The summed E-state index contributed by atoms with van der Waals surface area (Å²) in [5, 5.41) is 12.9. The normalized spacial score (nSPS) is 10.8. The summed E-state index contributed by atoms with van der Waals surface area (Å²) in [6, 6.07) is 2.97. The van der Waals surface area contributed by atoms with Crippen LogP contribution in [0.3, 0.4) is 0 Å². The highest BCUT2D eigenvalue weighted by Gasteiger charge is 2.08. The lowest BCUT2D eigenvalue weighted by molar-refractivity contribution is 0.0690. The second-order valence-corrected chi connectivity index (χ2v) is 4.73. The van der Waals surface area contributed by atoms with Crippen molar-refractivity contribution < 1.29 is 14.6 Å². The van der Waals surface area contributed by atoms with Gasteiger partial charge in [-0.3, -0.25) is 0 Å². The Morgan fingerprint density at radius 1 is 1.40 bits per heavy atom. The van der Waals surface area contributed by atoms with Crippen LogP contribution < -0.4 is 4.74 Å². The Morgan fingerprint density at radius 3 is 2.80 bits per heavy atom. The van der Waals surface area contributed by atoms with Crippen LogP contribution in [0.5, 0.6) is 5.75 Å². The molecule has 0 unspecified atom stereocenters. The second-order valence-electron chi connectivity index (χ2n) is 4.73. The molecule has 0 aliphatic rings. The Morgan fingerprint density at radius 2 is 2.20 bits per heavy atom. The van der Waals surface area contributed by atoms with E-state index in [9.17, 15) is 4.79 Å². The number of hydrogen-bond acceptors (Lipinski definition) is 5. The first-order valence-corrected chi connectivity index (χ1v) is 6.25. The zero-order chi connectivity index (χ0) is 14.5. The SMILES string of the molecule is CC(C)Cn1ncnc1COc1ccc(C(=O)O)nc1. The van der Waals surface area contributed by atoms with Crippen molar-refractivity contribution in [1.82, 2.24) is 19.7 Å². The van der Waals surface area contributed by atoms with Gasteiger partial charge in [0.15, 0.2) is 5.82 Å². The molecular weight excluding hydrogens is 260 g/mol. The molecule has 0 saturated carbocycles. The molecular formula is C13H16N4O3. The van der Waals surface area contributed by atoms with E-state index in [1.54, 1.807) is 10.7 Å². The van der Waals surface area contributed by atoms with Crippen LogP contribution in [-0.2, 0) is 13.2 Å². The number of aromatic nitrogens is 4. The molecule has 7 nitrogen and oxygen atoms in total. The first-order chi connectivity index (χ1) is 9.56. The van der Waals surface area contributed by atoms with E-state index >= 15 is 0 Å². The number of carboxylic acid groups (broad SMARTS) is 1. The average molecular weight is 276 g/mol. The summed E-state index contributed by atoms with van der Waals surface area (Å²) in [7, 11) is 0. The van der Waals surface area contributed by atoms with Gasteiger partial charge in [-0.05, 0) is 18.1 Å². The van der Waals surface area contributed by atoms with Crippen LogP contribution in [0.1, 0.15) is 30.2 Å². The lowest BCUT2D eigenvalue weighted by Gasteiger charge is -2.09. The molecule has 2 aromatic rings. The fourth-order valence-corrected chi connectivity index (χ4v) is 1.64. The first-order valence-electron chi connectivity index (χ1n) is 6.25. The molecule has 7 heteroatoms. The van der Waals surface area contributed by atoms with E-state index in [-0.39, 0.29) is 12.3 Å². The van der Waals surface area contributed by atoms with Gasteiger partial charge in [0.1, 0.15) is 24.4 Å². The highest BCUT2D eigenvalue weighted by Crippen LogP contribution is 2.11. The van der Waals surface area contributed by atoms with Gasteiger partial charge in [0.25, 0.3) is 0 Å². The maximum Gasteiger partial charge on any atom is 0.354 e. The molecule has 2 rings (SSSR count). The van der Waals surface area contributed by atoms with E-state index in [4.69, 9.17) is 9.84 Å². The maximum absolute atomic E-state index is 10.7. The summed E-state index contributed by atoms with van der Waals surface area (Å²) in [4.78, 5) is 18.6. The minimum atomic E-state index is -1.06. The summed E-state index contributed by atoms with van der Waals surface area (Å²) >= 11 is 0. The van der Waals surface area contributed by atoms with Crippen molar-refractivity contribution in [1.29, 1.82) is 0 Å². The van der Waals surface area contributed by atoms with Crippen LogP contribution in [-0.4, -0.2) is 30.8 Å².